The van der Waals surface area contributed by atoms with E-state index in [0.717, 1.165) is 44.0 Å². The van der Waals surface area contributed by atoms with Gasteiger partial charge in [0.2, 0.25) is 5.91 Å². The topological polar surface area (TPSA) is 41.9 Å². The van der Waals surface area contributed by atoms with Crippen molar-refractivity contribution in [3.05, 3.63) is 0 Å². The molecule has 0 aromatic rings. The van der Waals surface area contributed by atoms with E-state index < -0.39 is 0 Å². The Kier molecular flexibility index (Phi) is 6.01. The standard InChI is InChI=1S/C13H24N2O2/c1-11(2)14-17-10-4-5-13(16)15-8-6-12(3)7-9-15/h12H,4-10H2,1-3H3. The molecule has 0 aliphatic carbocycles. The van der Waals surface area contributed by atoms with Gasteiger partial charge in [0.05, 0.1) is 5.71 Å². The number of hydrogen-bond acceptors (Lipinski definition) is 3. The third kappa shape index (κ3) is 5.71. The second-order valence-corrected chi connectivity index (χ2v) is 5.04. The minimum Gasteiger partial charge on any atom is -0.396 e. The first-order valence-electron chi connectivity index (χ1n) is 6.50. The number of piperidine rings is 1. The van der Waals surface area contributed by atoms with Crippen LogP contribution in [-0.4, -0.2) is 36.2 Å². The second-order valence-electron chi connectivity index (χ2n) is 5.04. The van der Waals surface area contributed by atoms with Gasteiger partial charge in [-0.25, -0.2) is 0 Å². The quantitative estimate of drug-likeness (QED) is 0.421. The molecule has 0 spiro atoms. The molecule has 4 heteroatoms. The Morgan fingerprint density at radius 2 is 2.00 bits per heavy atom. The third-order valence-corrected chi connectivity index (χ3v) is 3.01. The highest BCUT2D eigenvalue weighted by atomic mass is 16.6. The van der Waals surface area contributed by atoms with Crippen LogP contribution in [0.25, 0.3) is 0 Å². The molecular weight excluding hydrogens is 216 g/mol. The number of hydrogen-bond donors (Lipinski definition) is 0. The Labute approximate surface area is 104 Å². The minimum atomic E-state index is 0.262. The van der Waals surface area contributed by atoms with Crippen molar-refractivity contribution in [2.45, 2.75) is 46.5 Å². The average Bonchev–Trinajstić information content (AvgIpc) is 2.29. The summed E-state index contributed by atoms with van der Waals surface area (Å²) in [7, 11) is 0. The lowest BCUT2D eigenvalue weighted by atomic mass is 9.99. The first-order valence-corrected chi connectivity index (χ1v) is 6.50. The second kappa shape index (κ2) is 7.30. The Morgan fingerprint density at radius 1 is 1.35 bits per heavy atom. The molecule has 0 atom stereocenters. The zero-order valence-electron chi connectivity index (χ0n) is 11.2. The van der Waals surface area contributed by atoms with Crippen LogP contribution < -0.4 is 0 Å². The fourth-order valence-corrected chi connectivity index (χ4v) is 1.88. The van der Waals surface area contributed by atoms with Gasteiger partial charge in [-0.05, 0) is 39.0 Å². The Balaban J connectivity index is 2.11. The molecule has 0 aromatic heterocycles. The van der Waals surface area contributed by atoms with Gasteiger partial charge >= 0.3 is 0 Å². The fraction of sp³-hybridized carbons (Fsp3) is 0.846. The summed E-state index contributed by atoms with van der Waals surface area (Å²) >= 11 is 0. The monoisotopic (exact) mass is 240 g/mol. The molecular formula is C13H24N2O2. The summed E-state index contributed by atoms with van der Waals surface area (Å²) in [6.07, 6.45) is 3.61. The largest absolute Gasteiger partial charge is 0.396 e. The highest BCUT2D eigenvalue weighted by Crippen LogP contribution is 2.16. The molecule has 0 saturated carbocycles. The number of carbonyl (C=O) groups excluding carboxylic acids is 1. The van der Waals surface area contributed by atoms with Gasteiger partial charge < -0.3 is 9.74 Å². The summed E-state index contributed by atoms with van der Waals surface area (Å²) in [5.74, 6) is 1.03. The molecule has 1 rings (SSSR count). The zero-order chi connectivity index (χ0) is 12.7. The van der Waals surface area contributed by atoms with E-state index >= 15 is 0 Å². The van der Waals surface area contributed by atoms with Crippen LogP contribution in [0.4, 0.5) is 0 Å². The van der Waals surface area contributed by atoms with Crippen LogP contribution in [0.3, 0.4) is 0 Å². The van der Waals surface area contributed by atoms with Crippen molar-refractivity contribution >= 4 is 11.6 Å². The smallest absolute Gasteiger partial charge is 0.222 e. The van der Waals surface area contributed by atoms with E-state index in [-0.39, 0.29) is 5.91 Å². The Hall–Kier alpha value is -1.06. The fourth-order valence-electron chi connectivity index (χ4n) is 1.88. The number of likely N-dealkylation sites (tertiary alicyclic amines) is 1. The Bertz CT molecular complexity index is 265. The first-order chi connectivity index (χ1) is 8.09. The van der Waals surface area contributed by atoms with E-state index in [1.165, 1.54) is 0 Å². The molecule has 1 heterocycles. The molecule has 17 heavy (non-hydrogen) atoms. The highest BCUT2D eigenvalue weighted by Gasteiger charge is 2.19. The Morgan fingerprint density at radius 3 is 2.59 bits per heavy atom. The summed E-state index contributed by atoms with van der Waals surface area (Å²) in [6, 6.07) is 0. The molecule has 0 bridgehead atoms. The van der Waals surface area contributed by atoms with E-state index in [1.807, 2.05) is 18.7 Å². The number of carbonyl (C=O) groups is 1. The molecule has 1 fully saturated rings. The van der Waals surface area contributed by atoms with Crippen LogP contribution in [0.5, 0.6) is 0 Å². The summed E-state index contributed by atoms with van der Waals surface area (Å²) < 4.78 is 0. The van der Waals surface area contributed by atoms with Gasteiger partial charge in [0.1, 0.15) is 6.61 Å². The van der Waals surface area contributed by atoms with Gasteiger partial charge in [-0.3, -0.25) is 4.79 Å². The van der Waals surface area contributed by atoms with Crippen molar-refractivity contribution in [3.8, 4) is 0 Å². The maximum atomic E-state index is 11.8. The molecule has 1 aliphatic rings. The normalized spacial score (nSPS) is 16.8. The van der Waals surface area contributed by atoms with Crippen LogP contribution in [0.15, 0.2) is 5.16 Å². The van der Waals surface area contributed by atoms with Crippen LogP contribution in [0.2, 0.25) is 0 Å². The van der Waals surface area contributed by atoms with Crippen LogP contribution in [0, 0.1) is 5.92 Å². The molecule has 0 radical (unpaired) electrons. The SMILES string of the molecule is CC(C)=NOCCCC(=O)N1CCC(C)CC1. The van der Waals surface area contributed by atoms with Gasteiger partial charge in [0.25, 0.3) is 0 Å². The lowest BCUT2D eigenvalue weighted by molar-refractivity contribution is -0.132. The number of rotatable bonds is 5. The first kappa shape index (κ1) is 14.0. The maximum absolute atomic E-state index is 11.8. The molecule has 4 nitrogen and oxygen atoms in total. The molecule has 1 amide bonds. The zero-order valence-corrected chi connectivity index (χ0v) is 11.2. The van der Waals surface area contributed by atoms with Crippen LogP contribution in [-0.2, 0) is 9.63 Å². The van der Waals surface area contributed by atoms with Gasteiger partial charge in [-0.1, -0.05) is 12.1 Å². The van der Waals surface area contributed by atoms with E-state index in [4.69, 9.17) is 4.84 Å². The third-order valence-electron chi connectivity index (χ3n) is 3.01. The van der Waals surface area contributed by atoms with Crippen molar-refractivity contribution in [3.63, 3.8) is 0 Å². The summed E-state index contributed by atoms with van der Waals surface area (Å²) in [6.45, 7) is 8.40. The minimum absolute atomic E-state index is 0.262. The van der Waals surface area contributed by atoms with Gasteiger partial charge in [0, 0.05) is 19.5 Å². The maximum Gasteiger partial charge on any atom is 0.222 e. The molecule has 1 saturated heterocycles. The van der Waals surface area contributed by atoms with E-state index in [0.29, 0.717) is 13.0 Å². The van der Waals surface area contributed by atoms with Crippen LogP contribution >= 0.6 is 0 Å². The number of oxime groups is 1. The van der Waals surface area contributed by atoms with Crippen molar-refractivity contribution in [2.75, 3.05) is 19.7 Å². The summed E-state index contributed by atoms with van der Waals surface area (Å²) in [5.41, 5.74) is 0.904. The van der Waals surface area contributed by atoms with Crippen LogP contribution in [0.1, 0.15) is 46.5 Å². The molecule has 0 aromatic carbocycles. The van der Waals surface area contributed by atoms with Crippen molar-refractivity contribution in [2.24, 2.45) is 11.1 Å². The van der Waals surface area contributed by atoms with E-state index in [9.17, 15) is 4.79 Å². The van der Waals surface area contributed by atoms with Crippen molar-refractivity contribution in [1.82, 2.24) is 4.90 Å². The van der Waals surface area contributed by atoms with Crippen molar-refractivity contribution < 1.29 is 9.63 Å². The summed E-state index contributed by atoms with van der Waals surface area (Å²) in [4.78, 5) is 18.9. The molecule has 1 aliphatic heterocycles. The molecule has 98 valence electrons. The van der Waals surface area contributed by atoms with Gasteiger partial charge in [-0.2, -0.15) is 0 Å². The summed E-state index contributed by atoms with van der Waals surface area (Å²) in [5, 5.41) is 3.84. The van der Waals surface area contributed by atoms with E-state index in [1.54, 1.807) is 0 Å². The predicted molar refractivity (Wildman–Crippen MR) is 68.9 cm³/mol. The number of nitrogens with zero attached hydrogens (tertiary/aromatic N) is 2. The lowest BCUT2D eigenvalue weighted by Crippen LogP contribution is -2.37. The van der Waals surface area contributed by atoms with E-state index in [2.05, 4.69) is 12.1 Å². The lowest BCUT2D eigenvalue weighted by Gasteiger charge is -2.30. The molecule has 0 unspecified atom stereocenters. The predicted octanol–water partition coefficient (Wildman–Crippen LogP) is 2.44. The average molecular weight is 240 g/mol. The van der Waals surface area contributed by atoms with Gasteiger partial charge in [-0.15, -0.1) is 0 Å². The molecule has 0 N–H and O–H groups in total. The highest BCUT2D eigenvalue weighted by molar-refractivity contribution is 5.78. The van der Waals surface area contributed by atoms with Gasteiger partial charge in [0.15, 0.2) is 0 Å². The van der Waals surface area contributed by atoms with Crippen molar-refractivity contribution in [1.29, 1.82) is 0 Å². The number of amides is 1.